The predicted molar refractivity (Wildman–Crippen MR) is 83.1 cm³/mol. The second-order valence-corrected chi connectivity index (χ2v) is 5.23. The van der Waals surface area contributed by atoms with Crippen LogP contribution in [0.15, 0.2) is 18.2 Å². The van der Waals surface area contributed by atoms with Crippen molar-refractivity contribution in [2.75, 3.05) is 6.61 Å². The molecule has 112 valence electrons. The molecule has 21 heavy (non-hydrogen) atoms. The van der Waals surface area contributed by atoms with Crippen LogP contribution in [0.4, 0.5) is 0 Å². The third kappa shape index (κ3) is 3.93. The minimum Gasteiger partial charge on any atom is -0.438 e. The molecule has 0 amide bonds. The van der Waals surface area contributed by atoms with Crippen molar-refractivity contribution in [2.24, 2.45) is 0 Å². The third-order valence-corrected chi connectivity index (χ3v) is 3.43. The van der Waals surface area contributed by atoms with Gasteiger partial charge in [0.2, 0.25) is 5.88 Å². The van der Waals surface area contributed by atoms with Crippen molar-refractivity contribution < 1.29 is 9.47 Å². The molecule has 1 aromatic heterocycles. The van der Waals surface area contributed by atoms with Gasteiger partial charge in [0, 0.05) is 12.7 Å². The first-order valence-corrected chi connectivity index (χ1v) is 7.25. The van der Waals surface area contributed by atoms with Gasteiger partial charge in [-0.1, -0.05) is 23.7 Å². The monoisotopic (exact) mass is 306 g/mol. The molecule has 0 aliphatic heterocycles. The van der Waals surface area contributed by atoms with E-state index in [1.54, 1.807) is 6.07 Å². The Labute approximate surface area is 130 Å². The van der Waals surface area contributed by atoms with Gasteiger partial charge in [-0.3, -0.25) is 0 Å². The zero-order valence-corrected chi connectivity index (χ0v) is 13.5. The van der Waals surface area contributed by atoms with Crippen LogP contribution in [0.25, 0.3) is 0 Å². The molecule has 1 heterocycles. The van der Waals surface area contributed by atoms with Crippen LogP contribution < -0.4 is 4.74 Å². The fraction of sp³-hybridized carbons (Fsp3) is 0.375. The molecule has 0 spiro atoms. The van der Waals surface area contributed by atoms with Gasteiger partial charge in [-0.05, 0) is 44.4 Å². The predicted octanol–water partition coefficient (Wildman–Crippen LogP) is 4.38. The van der Waals surface area contributed by atoms with Crippen LogP contribution in [0.2, 0.25) is 5.15 Å². The second kappa shape index (κ2) is 6.87. The Kier molecular flexibility index (Phi) is 5.15. The normalized spacial score (nSPS) is 10.7. The van der Waals surface area contributed by atoms with E-state index in [0.29, 0.717) is 30.1 Å². The van der Waals surface area contributed by atoms with Gasteiger partial charge in [-0.25, -0.2) is 4.98 Å². The summed E-state index contributed by atoms with van der Waals surface area (Å²) in [6, 6.07) is 5.71. The second-order valence-electron chi connectivity index (χ2n) is 4.84. The SMILES string of the molecule is CCOCc1nc(Cl)cc(Oc2c(C)ccc(C)c2C)n1. The van der Waals surface area contributed by atoms with Gasteiger partial charge in [0.1, 0.15) is 17.5 Å². The molecule has 4 nitrogen and oxygen atoms in total. The molecule has 0 unspecified atom stereocenters. The lowest BCUT2D eigenvalue weighted by Crippen LogP contribution is -2.02. The van der Waals surface area contributed by atoms with Crippen LogP contribution in [0, 0.1) is 20.8 Å². The summed E-state index contributed by atoms with van der Waals surface area (Å²) in [5, 5.41) is 0.345. The van der Waals surface area contributed by atoms with E-state index in [9.17, 15) is 0 Å². The number of ether oxygens (including phenoxy) is 2. The number of halogens is 1. The molecular weight excluding hydrogens is 288 g/mol. The Morgan fingerprint density at radius 3 is 2.52 bits per heavy atom. The fourth-order valence-corrected chi connectivity index (χ4v) is 2.13. The Balaban J connectivity index is 2.31. The lowest BCUT2D eigenvalue weighted by molar-refractivity contribution is 0.128. The summed E-state index contributed by atoms with van der Waals surface area (Å²) in [5.41, 5.74) is 3.32. The summed E-state index contributed by atoms with van der Waals surface area (Å²) in [4.78, 5) is 8.46. The van der Waals surface area contributed by atoms with Gasteiger partial charge in [-0.15, -0.1) is 0 Å². The first-order chi connectivity index (χ1) is 10.0. The molecule has 0 N–H and O–H groups in total. The van der Waals surface area contributed by atoms with E-state index in [1.807, 2.05) is 26.8 Å². The maximum Gasteiger partial charge on any atom is 0.224 e. The van der Waals surface area contributed by atoms with E-state index in [1.165, 1.54) is 5.56 Å². The summed E-state index contributed by atoms with van der Waals surface area (Å²) in [6.45, 7) is 8.92. The van der Waals surface area contributed by atoms with Crippen LogP contribution >= 0.6 is 11.6 Å². The van der Waals surface area contributed by atoms with Gasteiger partial charge in [-0.2, -0.15) is 4.98 Å². The van der Waals surface area contributed by atoms with E-state index < -0.39 is 0 Å². The Morgan fingerprint density at radius 2 is 1.81 bits per heavy atom. The van der Waals surface area contributed by atoms with Gasteiger partial charge in [0.15, 0.2) is 5.82 Å². The summed E-state index contributed by atoms with van der Waals surface area (Å²) in [5.74, 6) is 1.76. The lowest BCUT2D eigenvalue weighted by Gasteiger charge is -2.13. The first kappa shape index (κ1) is 15.7. The van der Waals surface area contributed by atoms with Crippen LogP contribution in [0.3, 0.4) is 0 Å². The Hall–Kier alpha value is -1.65. The van der Waals surface area contributed by atoms with Crippen molar-refractivity contribution in [3.05, 3.63) is 45.9 Å². The number of aryl methyl sites for hydroxylation is 2. The van der Waals surface area contributed by atoms with E-state index in [0.717, 1.165) is 16.9 Å². The maximum atomic E-state index is 6.02. The minimum atomic E-state index is 0.319. The highest BCUT2D eigenvalue weighted by atomic mass is 35.5. The summed E-state index contributed by atoms with van der Waals surface area (Å²) in [7, 11) is 0. The number of nitrogens with zero attached hydrogens (tertiary/aromatic N) is 2. The first-order valence-electron chi connectivity index (χ1n) is 6.87. The van der Waals surface area contributed by atoms with Gasteiger partial charge >= 0.3 is 0 Å². The quantitative estimate of drug-likeness (QED) is 0.769. The van der Waals surface area contributed by atoms with E-state index >= 15 is 0 Å². The molecule has 2 rings (SSSR count). The molecule has 2 aromatic rings. The standard InChI is InChI=1S/C16H19ClN2O2/c1-5-20-9-14-18-13(17)8-15(19-14)21-16-11(3)7-6-10(2)12(16)4/h6-8H,5,9H2,1-4H3. The highest BCUT2D eigenvalue weighted by Crippen LogP contribution is 2.30. The van der Waals surface area contributed by atoms with E-state index in [4.69, 9.17) is 21.1 Å². The molecule has 0 fully saturated rings. The van der Waals surface area contributed by atoms with Gasteiger partial charge in [0.25, 0.3) is 0 Å². The topological polar surface area (TPSA) is 44.2 Å². The summed E-state index contributed by atoms with van der Waals surface area (Å²) in [6.07, 6.45) is 0. The number of rotatable bonds is 5. The molecule has 5 heteroatoms. The number of hydrogen-bond acceptors (Lipinski definition) is 4. The van der Waals surface area contributed by atoms with Crippen molar-refractivity contribution in [3.8, 4) is 11.6 Å². The Morgan fingerprint density at radius 1 is 1.10 bits per heavy atom. The summed E-state index contributed by atoms with van der Waals surface area (Å²) < 4.78 is 11.2. The minimum absolute atomic E-state index is 0.319. The molecule has 0 atom stereocenters. The molecule has 0 aliphatic rings. The lowest BCUT2D eigenvalue weighted by atomic mass is 10.1. The average Bonchev–Trinajstić information content (AvgIpc) is 2.45. The largest absolute Gasteiger partial charge is 0.438 e. The number of aromatic nitrogens is 2. The molecule has 0 aliphatic carbocycles. The smallest absolute Gasteiger partial charge is 0.224 e. The maximum absolute atomic E-state index is 6.02. The molecule has 0 radical (unpaired) electrons. The average molecular weight is 307 g/mol. The van der Waals surface area contributed by atoms with Crippen molar-refractivity contribution in [1.82, 2.24) is 9.97 Å². The summed E-state index contributed by atoms with van der Waals surface area (Å²) >= 11 is 6.02. The van der Waals surface area contributed by atoms with Gasteiger partial charge in [0.05, 0.1) is 0 Å². The molecule has 0 bridgehead atoms. The Bertz CT molecular complexity index is 644. The van der Waals surface area contributed by atoms with Crippen molar-refractivity contribution in [3.63, 3.8) is 0 Å². The zero-order valence-electron chi connectivity index (χ0n) is 12.7. The van der Waals surface area contributed by atoms with E-state index in [-0.39, 0.29) is 0 Å². The zero-order chi connectivity index (χ0) is 15.4. The van der Waals surface area contributed by atoms with Crippen LogP contribution in [-0.2, 0) is 11.3 Å². The molecule has 1 aromatic carbocycles. The van der Waals surface area contributed by atoms with Crippen molar-refractivity contribution in [2.45, 2.75) is 34.3 Å². The molecule has 0 saturated heterocycles. The van der Waals surface area contributed by atoms with Crippen molar-refractivity contribution in [1.29, 1.82) is 0 Å². The molecular formula is C16H19ClN2O2. The van der Waals surface area contributed by atoms with Crippen LogP contribution in [0.1, 0.15) is 29.4 Å². The van der Waals surface area contributed by atoms with Gasteiger partial charge < -0.3 is 9.47 Å². The van der Waals surface area contributed by atoms with Crippen LogP contribution in [0.5, 0.6) is 11.6 Å². The highest BCUT2D eigenvalue weighted by molar-refractivity contribution is 6.29. The fourth-order valence-electron chi connectivity index (χ4n) is 1.94. The number of hydrogen-bond donors (Lipinski definition) is 0. The van der Waals surface area contributed by atoms with E-state index in [2.05, 4.69) is 23.0 Å². The van der Waals surface area contributed by atoms with Crippen LogP contribution in [-0.4, -0.2) is 16.6 Å². The van der Waals surface area contributed by atoms with Crippen molar-refractivity contribution >= 4 is 11.6 Å². The number of benzene rings is 1. The molecule has 0 saturated carbocycles. The third-order valence-electron chi connectivity index (χ3n) is 3.23. The highest BCUT2D eigenvalue weighted by Gasteiger charge is 2.11.